The van der Waals surface area contributed by atoms with E-state index in [1.165, 1.54) is 0 Å². The van der Waals surface area contributed by atoms with Crippen LogP contribution in [0.4, 0.5) is 4.79 Å². The first kappa shape index (κ1) is 14.3. The summed E-state index contributed by atoms with van der Waals surface area (Å²) < 4.78 is 5.42. The number of nitrogens with zero attached hydrogens (tertiary/aromatic N) is 2. The van der Waals surface area contributed by atoms with E-state index >= 15 is 0 Å². The van der Waals surface area contributed by atoms with Gasteiger partial charge in [-0.15, -0.1) is 0 Å². The van der Waals surface area contributed by atoms with Gasteiger partial charge in [-0.25, -0.2) is 4.79 Å². The molecule has 0 spiro atoms. The molecule has 0 saturated carbocycles. The number of hydrogen-bond donors (Lipinski definition) is 1. The van der Waals surface area contributed by atoms with Crippen molar-refractivity contribution in [2.45, 2.75) is 38.8 Å². The Morgan fingerprint density at radius 2 is 2.06 bits per heavy atom. The molecule has 0 bridgehead atoms. The van der Waals surface area contributed by atoms with Gasteiger partial charge in [-0.1, -0.05) is 0 Å². The summed E-state index contributed by atoms with van der Waals surface area (Å²) in [6.07, 6.45) is 0.605. The van der Waals surface area contributed by atoms with Crippen LogP contribution in [0.1, 0.15) is 27.2 Å². The van der Waals surface area contributed by atoms with Crippen LogP contribution in [0.15, 0.2) is 0 Å². The van der Waals surface area contributed by atoms with Gasteiger partial charge >= 0.3 is 6.09 Å². The summed E-state index contributed by atoms with van der Waals surface area (Å²) in [7, 11) is 2.07. The lowest BCUT2D eigenvalue weighted by molar-refractivity contribution is 0.000710. The highest BCUT2D eigenvalue weighted by Gasteiger charge is 2.31. The van der Waals surface area contributed by atoms with Gasteiger partial charge in [0.15, 0.2) is 0 Å². The van der Waals surface area contributed by atoms with Crippen LogP contribution in [0.25, 0.3) is 0 Å². The summed E-state index contributed by atoms with van der Waals surface area (Å²) >= 11 is 0. The molecule has 0 radical (unpaired) electrons. The molecule has 0 aromatic heterocycles. The van der Waals surface area contributed by atoms with Crippen molar-refractivity contribution >= 4 is 6.09 Å². The van der Waals surface area contributed by atoms with Crippen LogP contribution in [-0.4, -0.2) is 60.8 Å². The molecule has 1 amide bonds. The number of ether oxygens (including phenoxy) is 1. The van der Waals surface area contributed by atoms with E-state index in [2.05, 4.69) is 11.9 Å². The smallest absolute Gasteiger partial charge is 0.410 e. The number of amides is 1. The van der Waals surface area contributed by atoms with Crippen LogP contribution in [-0.2, 0) is 4.74 Å². The van der Waals surface area contributed by atoms with Gasteiger partial charge in [-0.2, -0.15) is 0 Å². The number of likely N-dealkylation sites (N-methyl/N-ethyl adjacent to an activating group) is 1. The molecule has 1 aliphatic rings. The van der Waals surface area contributed by atoms with Crippen molar-refractivity contribution in [3.05, 3.63) is 0 Å². The summed E-state index contributed by atoms with van der Waals surface area (Å²) in [6, 6.07) is 0.175. The Kier molecular flexibility index (Phi) is 4.77. The molecule has 1 unspecified atom stereocenters. The first-order valence-corrected chi connectivity index (χ1v) is 6.21. The zero-order valence-corrected chi connectivity index (χ0v) is 11.4. The van der Waals surface area contributed by atoms with Gasteiger partial charge < -0.3 is 20.3 Å². The third-order valence-corrected chi connectivity index (χ3v) is 2.81. The Balaban J connectivity index is 2.62. The summed E-state index contributed by atoms with van der Waals surface area (Å²) in [5, 5.41) is 0. The molecule has 1 atom stereocenters. The maximum Gasteiger partial charge on any atom is 0.410 e. The maximum atomic E-state index is 12.1. The fourth-order valence-electron chi connectivity index (χ4n) is 2.01. The molecule has 0 aromatic rings. The molecule has 0 aliphatic carbocycles. The van der Waals surface area contributed by atoms with Crippen molar-refractivity contribution in [3.63, 3.8) is 0 Å². The van der Waals surface area contributed by atoms with Gasteiger partial charge in [0.05, 0.1) is 0 Å². The Labute approximate surface area is 104 Å². The van der Waals surface area contributed by atoms with E-state index in [1.807, 2.05) is 25.7 Å². The van der Waals surface area contributed by atoms with E-state index in [-0.39, 0.29) is 12.1 Å². The molecule has 100 valence electrons. The van der Waals surface area contributed by atoms with Crippen molar-refractivity contribution in [2.75, 3.05) is 33.2 Å². The van der Waals surface area contributed by atoms with Gasteiger partial charge in [-0.05, 0) is 40.8 Å². The number of nitrogens with two attached hydrogens (primary N) is 1. The Morgan fingerprint density at radius 3 is 2.59 bits per heavy atom. The lowest BCUT2D eigenvalue weighted by Gasteiger charge is -2.40. The minimum absolute atomic E-state index is 0.175. The molecule has 2 N–H and O–H groups in total. The minimum atomic E-state index is -0.437. The molecule has 5 nitrogen and oxygen atoms in total. The molecule has 5 heteroatoms. The number of piperazine rings is 1. The second kappa shape index (κ2) is 5.69. The molecule has 17 heavy (non-hydrogen) atoms. The third-order valence-electron chi connectivity index (χ3n) is 2.81. The topological polar surface area (TPSA) is 58.8 Å². The van der Waals surface area contributed by atoms with Crippen molar-refractivity contribution in [1.82, 2.24) is 9.80 Å². The van der Waals surface area contributed by atoms with Crippen molar-refractivity contribution in [2.24, 2.45) is 5.73 Å². The zero-order valence-electron chi connectivity index (χ0n) is 11.4. The molecular weight excluding hydrogens is 218 g/mol. The first-order valence-electron chi connectivity index (χ1n) is 6.21. The molecule has 0 aromatic carbocycles. The fourth-order valence-corrected chi connectivity index (χ4v) is 2.01. The summed E-state index contributed by atoms with van der Waals surface area (Å²) in [5.41, 5.74) is 5.16. The lowest BCUT2D eigenvalue weighted by atomic mass is 10.1. The number of hydrogen-bond acceptors (Lipinski definition) is 4. The second-order valence-corrected chi connectivity index (χ2v) is 5.67. The van der Waals surface area contributed by atoms with Crippen molar-refractivity contribution < 1.29 is 9.53 Å². The van der Waals surface area contributed by atoms with Crippen molar-refractivity contribution in [1.29, 1.82) is 0 Å². The largest absolute Gasteiger partial charge is 0.444 e. The molecule has 1 fully saturated rings. The minimum Gasteiger partial charge on any atom is -0.444 e. The molecule has 1 rings (SSSR count). The number of rotatable bonds is 2. The van der Waals surface area contributed by atoms with E-state index in [1.54, 1.807) is 0 Å². The van der Waals surface area contributed by atoms with Gasteiger partial charge in [0, 0.05) is 25.7 Å². The number of carbonyl (C=O) groups excluding carboxylic acids is 1. The Morgan fingerprint density at radius 1 is 1.41 bits per heavy atom. The predicted octanol–water partition coefficient (Wildman–Crippen LogP) is 0.886. The normalized spacial score (nSPS) is 22.6. The second-order valence-electron chi connectivity index (χ2n) is 5.67. The van der Waals surface area contributed by atoms with E-state index in [9.17, 15) is 4.79 Å². The van der Waals surface area contributed by atoms with Crippen LogP contribution in [0, 0.1) is 0 Å². The first-order chi connectivity index (χ1) is 7.83. The van der Waals surface area contributed by atoms with E-state index in [0.29, 0.717) is 6.54 Å². The monoisotopic (exact) mass is 243 g/mol. The fraction of sp³-hybridized carbons (Fsp3) is 0.917. The summed E-state index contributed by atoms with van der Waals surface area (Å²) in [4.78, 5) is 16.1. The highest BCUT2D eigenvalue weighted by atomic mass is 16.6. The average molecular weight is 243 g/mol. The van der Waals surface area contributed by atoms with Crippen LogP contribution in [0.3, 0.4) is 0 Å². The standard InChI is InChI=1S/C12H25N3O2/c1-12(2,3)17-11(16)15-8-7-14(4)9-10(15)5-6-13/h10H,5-9,13H2,1-4H3. The third kappa shape index (κ3) is 4.52. The van der Waals surface area contributed by atoms with Crippen LogP contribution in [0.2, 0.25) is 0 Å². The van der Waals surface area contributed by atoms with E-state index in [0.717, 1.165) is 26.1 Å². The van der Waals surface area contributed by atoms with E-state index in [4.69, 9.17) is 10.5 Å². The molecule has 1 heterocycles. The van der Waals surface area contributed by atoms with Crippen LogP contribution >= 0.6 is 0 Å². The highest BCUT2D eigenvalue weighted by Crippen LogP contribution is 2.16. The predicted molar refractivity (Wildman–Crippen MR) is 67.9 cm³/mol. The molecule has 1 aliphatic heterocycles. The summed E-state index contributed by atoms with van der Waals surface area (Å²) in [5.74, 6) is 0. The van der Waals surface area contributed by atoms with Crippen molar-refractivity contribution in [3.8, 4) is 0 Å². The number of carbonyl (C=O) groups is 1. The Hall–Kier alpha value is -0.810. The van der Waals surface area contributed by atoms with Crippen LogP contribution in [0.5, 0.6) is 0 Å². The molecular formula is C12H25N3O2. The SMILES string of the molecule is CN1CCN(C(=O)OC(C)(C)C)C(CCN)C1. The highest BCUT2D eigenvalue weighted by molar-refractivity contribution is 5.68. The summed E-state index contributed by atoms with van der Waals surface area (Å²) in [6.45, 7) is 8.74. The van der Waals surface area contributed by atoms with Gasteiger partial charge in [0.1, 0.15) is 5.60 Å². The zero-order chi connectivity index (χ0) is 13.1. The van der Waals surface area contributed by atoms with Crippen LogP contribution < -0.4 is 5.73 Å². The quantitative estimate of drug-likeness (QED) is 0.782. The average Bonchev–Trinajstić information content (AvgIpc) is 2.15. The van der Waals surface area contributed by atoms with E-state index < -0.39 is 5.60 Å². The van der Waals surface area contributed by atoms with Gasteiger partial charge in [-0.3, -0.25) is 0 Å². The molecule has 1 saturated heterocycles. The lowest BCUT2D eigenvalue weighted by Crippen LogP contribution is -2.55. The maximum absolute atomic E-state index is 12.1. The van der Waals surface area contributed by atoms with Gasteiger partial charge in [0.2, 0.25) is 0 Å². The van der Waals surface area contributed by atoms with Gasteiger partial charge in [0.25, 0.3) is 0 Å². The Bertz CT molecular complexity index is 263.